The van der Waals surface area contributed by atoms with Gasteiger partial charge in [-0.05, 0) is 0 Å². The monoisotopic (exact) mass is 346 g/mol. The Bertz CT molecular complexity index is 288. The molecule has 0 aromatic rings. The van der Waals surface area contributed by atoms with Crippen molar-refractivity contribution in [2.24, 2.45) is 0 Å². The molecule has 5 atom stereocenters. The molecule has 11 heteroatoms. The van der Waals surface area contributed by atoms with E-state index >= 15 is 0 Å². The Morgan fingerprint density at radius 1 is 0.667 bits per heavy atom. The smallest absolute Gasteiger partial charge is 0.377 e. The lowest BCUT2D eigenvalue weighted by molar-refractivity contribution is -0.0509. The van der Waals surface area contributed by atoms with E-state index in [4.69, 9.17) is 13.3 Å². The summed E-state index contributed by atoms with van der Waals surface area (Å²) in [6.45, 7) is 0. The normalized spacial score (nSPS) is 20.1. The summed E-state index contributed by atoms with van der Waals surface area (Å²) >= 11 is 0. The Morgan fingerprint density at radius 2 is 1.05 bits per heavy atom. The summed E-state index contributed by atoms with van der Waals surface area (Å²) in [4.78, 5) is 0. The molecule has 0 aromatic heterocycles. The molecular weight excluding hydrogens is 329 g/mol. The van der Waals surface area contributed by atoms with Gasteiger partial charge in [0.1, 0.15) is 6.17 Å². The quantitative estimate of drug-likeness (QED) is 0.450. The largest absolute Gasteiger partial charge is 0.503 e. The topological polar surface area (TPSA) is 27.7 Å². The van der Waals surface area contributed by atoms with Crippen LogP contribution in [0.3, 0.4) is 0 Å². The third kappa shape index (κ3) is 5.38. The summed E-state index contributed by atoms with van der Waals surface area (Å²) < 4.78 is 104. The van der Waals surface area contributed by atoms with Crippen LogP contribution in [0.5, 0.6) is 0 Å². The lowest BCUT2D eigenvalue weighted by Gasteiger charge is -2.28. The molecule has 3 nitrogen and oxygen atoms in total. The highest BCUT2D eigenvalue weighted by Crippen LogP contribution is 2.28. The molecule has 0 saturated heterocycles. The molecule has 0 aliphatic carbocycles. The molecule has 0 aliphatic rings. The van der Waals surface area contributed by atoms with E-state index in [1.165, 1.54) is 0 Å². The predicted octanol–water partition coefficient (Wildman–Crippen LogP) is 2.82. The highest BCUT2D eigenvalue weighted by Gasteiger charge is 2.48. The third-order valence-electron chi connectivity index (χ3n) is 2.88. The van der Waals surface area contributed by atoms with Gasteiger partial charge in [-0.1, -0.05) is 0 Å². The summed E-state index contributed by atoms with van der Waals surface area (Å²) in [7, 11) is -0.374. The van der Waals surface area contributed by atoms with Crippen LogP contribution in [-0.2, 0) is 13.3 Å². The van der Waals surface area contributed by atoms with Crippen LogP contribution < -0.4 is 0 Å². The van der Waals surface area contributed by atoms with Crippen molar-refractivity contribution in [3.8, 4) is 0 Å². The number of halogens is 7. The molecule has 0 radical (unpaired) electrons. The molecule has 0 fully saturated rings. The molecule has 0 aliphatic heterocycles. The van der Waals surface area contributed by atoms with Gasteiger partial charge in [-0.15, -0.1) is 0 Å². The summed E-state index contributed by atoms with van der Waals surface area (Å²) in [5.41, 5.74) is 0. The van der Waals surface area contributed by atoms with Gasteiger partial charge >= 0.3 is 8.80 Å². The van der Waals surface area contributed by atoms with Gasteiger partial charge in [-0.3, -0.25) is 0 Å². The van der Waals surface area contributed by atoms with E-state index in [2.05, 4.69) is 0 Å². The van der Waals surface area contributed by atoms with Crippen LogP contribution in [0, 0.1) is 0 Å². The lowest BCUT2D eigenvalue weighted by atomic mass is 10.0. The van der Waals surface area contributed by atoms with Gasteiger partial charge in [-0.25, -0.2) is 30.7 Å². The third-order valence-corrected chi connectivity index (χ3v) is 5.63. The molecule has 0 saturated carbocycles. The first-order valence-electron chi connectivity index (χ1n) is 5.79. The van der Waals surface area contributed by atoms with E-state index < -0.39 is 52.1 Å². The molecule has 21 heavy (non-hydrogen) atoms. The number of alkyl halides is 7. The number of rotatable bonds is 10. The standard InChI is InChI=1S/C10H17F7O3Si/c1-18-21(19-2,20-3)4-5(11)6(12)7(13)8(14)9(15)10(16)17/h5-10H,4H2,1-3H3. The Balaban J connectivity index is 4.79. The minimum absolute atomic E-state index is 0.879. The van der Waals surface area contributed by atoms with Gasteiger partial charge in [0.15, 0.2) is 24.7 Å². The zero-order valence-electron chi connectivity index (χ0n) is 11.5. The minimum atomic E-state index is -3.84. The Hall–Kier alpha value is -0.393. The van der Waals surface area contributed by atoms with Crippen LogP contribution in [0.4, 0.5) is 30.7 Å². The van der Waals surface area contributed by atoms with Crippen molar-refractivity contribution in [2.45, 2.75) is 43.3 Å². The van der Waals surface area contributed by atoms with Crippen LogP contribution in [0.1, 0.15) is 0 Å². The van der Waals surface area contributed by atoms with E-state index in [1.54, 1.807) is 0 Å². The second-order valence-electron chi connectivity index (χ2n) is 4.13. The van der Waals surface area contributed by atoms with Crippen LogP contribution in [0.25, 0.3) is 0 Å². The molecule has 0 aromatic carbocycles. The second-order valence-corrected chi connectivity index (χ2v) is 7.13. The molecule has 0 N–H and O–H groups in total. The zero-order valence-corrected chi connectivity index (χ0v) is 12.5. The van der Waals surface area contributed by atoms with Gasteiger partial charge in [0.2, 0.25) is 0 Å². The summed E-state index contributed by atoms with van der Waals surface area (Å²) in [6.07, 6.45) is -20.1. The van der Waals surface area contributed by atoms with Crippen molar-refractivity contribution < 1.29 is 44.0 Å². The van der Waals surface area contributed by atoms with Gasteiger partial charge in [0.05, 0.1) is 6.04 Å². The van der Waals surface area contributed by atoms with E-state index in [1.807, 2.05) is 0 Å². The van der Waals surface area contributed by atoms with Crippen molar-refractivity contribution >= 4 is 8.80 Å². The Kier molecular flexibility index (Phi) is 8.74. The second kappa shape index (κ2) is 8.91. The maximum absolute atomic E-state index is 13.6. The highest BCUT2D eigenvalue weighted by atomic mass is 28.4. The van der Waals surface area contributed by atoms with Crippen LogP contribution in [0.2, 0.25) is 6.04 Å². The maximum atomic E-state index is 13.6. The minimum Gasteiger partial charge on any atom is -0.377 e. The van der Waals surface area contributed by atoms with Crippen molar-refractivity contribution in [1.82, 2.24) is 0 Å². The molecule has 0 bridgehead atoms. The first-order valence-corrected chi connectivity index (χ1v) is 7.72. The van der Waals surface area contributed by atoms with Crippen molar-refractivity contribution in [3.05, 3.63) is 0 Å². The Morgan fingerprint density at radius 3 is 1.38 bits per heavy atom. The van der Waals surface area contributed by atoms with Crippen molar-refractivity contribution in [3.63, 3.8) is 0 Å². The summed E-state index contributed by atoms with van der Waals surface area (Å²) in [5.74, 6) is 0. The predicted molar refractivity (Wildman–Crippen MR) is 62.1 cm³/mol. The molecule has 128 valence electrons. The van der Waals surface area contributed by atoms with Gasteiger partial charge in [0.25, 0.3) is 6.43 Å². The summed E-state index contributed by atoms with van der Waals surface area (Å²) in [5, 5.41) is 0. The van der Waals surface area contributed by atoms with Gasteiger partial charge in [0, 0.05) is 21.3 Å². The van der Waals surface area contributed by atoms with Gasteiger partial charge in [-0.2, -0.15) is 0 Å². The van der Waals surface area contributed by atoms with E-state index in [0.29, 0.717) is 0 Å². The summed E-state index contributed by atoms with van der Waals surface area (Å²) in [6, 6.07) is -0.879. The van der Waals surface area contributed by atoms with E-state index in [-0.39, 0.29) is 0 Å². The van der Waals surface area contributed by atoms with Crippen LogP contribution in [-0.4, -0.2) is 67.4 Å². The van der Waals surface area contributed by atoms with Crippen molar-refractivity contribution in [1.29, 1.82) is 0 Å². The highest BCUT2D eigenvalue weighted by molar-refractivity contribution is 6.60. The maximum Gasteiger partial charge on any atom is 0.503 e. The fourth-order valence-corrected chi connectivity index (χ4v) is 3.24. The fourth-order valence-electron chi connectivity index (χ4n) is 1.54. The first kappa shape index (κ1) is 20.6. The van der Waals surface area contributed by atoms with Crippen molar-refractivity contribution in [2.75, 3.05) is 21.3 Å². The van der Waals surface area contributed by atoms with Crippen LogP contribution >= 0.6 is 0 Å². The molecule has 0 spiro atoms. The average molecular weight is 346 g/mol. The molecule has 5 unspecified atom stereocenters. The number of hydrogen-bond donors (Lipinski definition) is 0. The zero-order chi connectivity index (χ0) is 16.8. The molecular formula is C10H17F7O3Si. The number of hydrogen-bond acceptors (Lipinski definition) is 3. The van der Waals surface area contributed by atoms with Gasteiger partial charge < -0.3 is 13.3 Å². The SMILES string of the molecule is CO[Si](CC(F)C(F)C(F)C(F)C(F)C(F)F)(OC)OC. The van der Waals surface area contributed by atoms with Crippen LogP contribution in [0.15, 0.2) is 0 Å². The van der Waals surface area contributed by atoms with E-state index in [9.17, 15) is 30.7 Å². The fraction of sp³-hybridized carbons (Fsp3) is 1.00. The molecule has 0 rings (SSSR count). The molecule has 0 amide bonds. The average Bonchev–Trinajstić information content (AvgIpc) is 2.49. The molecule has 0 heterocycles. The Labute approximate surface area is 118 Å². The van der Waals surface area contributed by atoms with E-state index in [0.717, 1.165) is 21.3 Å². The first-order chi connectivity index (χ1) is 9.65. The lowest BCUT2D eigenvalue weighted by Crippen LogP contribution is -2.49.